The Morgan fingerprint density at radius 1 is 1.38 bits per heavy atom. The molecular weight excluding hydrogens is 268 g/mol. The lowest BCUT2D eigenvalue weighted by molar-refractivity contribution is -0.140. The average Bonchev–Trinajstić information content (AvgIpc) is 3.14. The SMILES string of the molecule is CC(CCc1ccco1)N1CCC(=O)N2CCCC2C1=O. The summed E-state index contributed by atoms with van der Waals surface area (Å²) in [5, 5.41) is 0. The molecule has 1 aromatic heterocycles. The van der Waals surface area contributed by atoms with Gasteiger partial charge in [-0.05, 0) is 38.3 Å². The fourth-order valence-electron chi connectivity index (χ4n) is 3.38. The molecule has 114 valence electrons. The highest BCUT2D eigenvalue weighted by molar-refractivity contribution is 5.90. The van der Waals surface area contributed by atoms with Crippen LogP contribution >= 0.6 is 0 Å². The van der Waals surface area contributed by atoms with Crippen LogP contribution in [0.25, 0.3) is 0 Å². The van der Waals surface area contributed by atoms with Gasteiger partial charge in [0, 0.05) is 32.0 Å². The predicted molar refractivity (Wildman–Crippen MR) is 77.6 cm³/mol. The van der Waals surface area contributed by atoms with Gasteiger partial charge >= 0.3 is 0 Å². The summed E-state index contributed by atoms with van der Waals surface area (Å²) in [6, 6.07) is 3.76. The zero-order valence-electron chi connectivity index (χ0n) is 12.5. The van der Waals surface area contributed by atoms with Gasteiger partial charge in [-0.25, -0.2) is 0 Å². The van der Waals surface area contributed by atoms with Crippen LogP contribution in [0.4, 0.5) is 0 Å². The van der Waals surface area contributed by atoms with Crippen molar-refractivity contribution in [3.8, 4) is 0 Å². The molecule has 0 bridgehead atoms. The molecule has 1 aromatic rings. The molecule has 2 unspecified atom stereocenters. The Hall–Kier alpha value is -1.78. The van der Waals surface area contributed by atoms with Gasteiger partial charge in [0.2, 0.25) is 11.8 Å². The quantitative estimate of drug-likeness (QED) is 0.850. The van der Waals surface area contributed by atoms with Gasteiger partial charge in [0.1, 0.15) is 11.8 Å². The summed E-state index contributed by atoms with van der Waals surface area (Å²) in [7, 11) is 0. The van der Waals surface area contributed by atoms with Gasteiger partial charge in [-0.15, -0.1) is 0 Å². The highest BCUT2D eigenvalue weighted by Crippen LogP contribution is 2.25. The fourth-order valence-corrected chi connectivity index (χ4v) is 3.38. The molecule has 0 saturated carbocycles. The molecule has 2 saturated heterocycles. The lowest BCUT2D eigenvalue weighted by Crippen LogP contribution is -2.46. The van der Waals surface area contributed by atoms with Crippen molar-refractivity contribution in [1.29, 1.82) is 0 Å². The Morgan fingerprint density at radius 3 is 3.00 bits per heavy atom. The molecule has 5 heteroatoms. The van der Waals surface area contributed by atoms with E-state index in [-0.39, 0.29) is 23.9 Å². The van der Waals surface area contributed by atoms with Gasteiger partial charge in [0.25, 0.3) is 0 Å². The van der Waals surface area contributed by atoms with Crippen LogP contribution in [0.2, 0.25) is 0 Å². The minimum Gasteiger partial charge on any atom is -0.469 e. The van der Waals surface area contributed by atoms with E-state index in [9.17, 15) is 9.59 Å². The predicted octanol–water partition coefficient (Wildman–Crippen LogP) is 1.82. The van der Waals surface area contributed by atoms with Crippen LogP contribution in [-0.4, -0.2) is 46.8 Å². The number of carbonyl (C=O) groups is 2. The highest BCUT2D eigenvalue weighted by Gasteiger charge is 2.40. The van der Waals surface area contributed by atoms with Gasteiger partial charge in [-0.2, -0.15) is 0 Å². The summed E-state index contributed by atoms with van der Waals surface area (Å²) in [4.78, 5) is 28.4. The lowest BCUT2D eigenvalue weighted by Gasteiger charge is -2.30. The number of rotatable bonds is 4. The fraction of sp³-hybridized carbons (Fsp3) is 0.625. The lowest BCUT2D eigenvalue weighted by atomic mass is 10.1. The summed E-state index contributed by atoms with van der Waals surface area (Å²) in [6.07, 6.45) is 5.56. The van der Waals surface area contributed by atoms with E-state index < -0.39 is 0 Å². The topological polar surface area (TPSA) is 53.8 Å². The molecule has 2 amide bonds. The van der Waals surface area contributed by atoms with E-state index in [0.717, 1.165) is 38.0 Å². The number of fused-ring (bicyclic) bond motifs is 1. The second-order valence-electron chi connectivity index (χ2n) is 5.99. The molecule has 5 nitrogen and oxygen atoms in total. The van der Waals surface area contributed by atoms with Crippen molar-refractivity contribution in [1.82, 2.24) is 9.80 Å². The van der Waals surface area contributed by atoms with Crippen molar-refractivity contribution in [2.45, 2.75) is 51.1 Å². The van der Waals surface area contributed by atoms with E-state index in [1.54, 1.807) is 11.2 Å². The minimum absolute atomic E-state index is 0.130. The molecule has 3 heterocycles. The van der Waals surface area contributed by atoms with Gasteiger partial charge in [0.05, 0.1) is 6.26 Å². The summed E-state index contributed by atoms with van der Waals surface area (Å²) in [5.74, 6) is 1.21. The number of nitrogens with zero attached hydrogens (tertiary/aromatic N) is 2. The smallest absolute Gasteiger partial charge is 0.245 e. The van der Waals surface area contributed by atoms with E-state index >= 15 is 0 Å². The summed E-state index contributed by atoms with van der Waals surface area (Å²) in [6.45, 7) is 3.35. The maximum absolute atomic E-state index is 12.7. The zero-order chi connectivity index (χ0) is 14.8. The van der Waals surface area contributed by atoms with Crippen LogP contribution in [0.15, 0.2) is 22.8 Å². The Balaban J connectivity index is 1.65. The number of carbonyl (C=O) groups excluding carboxylic acids is 2. The molecule has 0 spiro atoms. The van der Waals surface area contributed by atoms with Crippen molar-refractivity contribution in [3.63, 3.8) is 0 Å². The van der Waals surface area contributed by atoms with E-state index in [1.165, 1.54) is 0 Å². The molecule has 2 atom stereocenters. The van der Waals surface area contributed by atoms with Gasteiger partial charge < -0.3 is 14.2 Å². The number of hydrogen-bond donors (Lipinski definition) is 0. The molecule has 0 aliphatic carbocycles. The molecule has 2 aliphatic rings. The molecule has 3 rings (SSSR count). The number of hydrogen-bond acceptors (Lipinski definition) is 3. The molecule has 21 heavy (non-hydrogen) atoms. The number of amides is 2. The minimum atomic E-state index is -0.217. The molecule has 0 aromatic carbocycles. The van der Waals surface area contributed by atoms with Crippen molar-refractivity contribution in [2.24, 2.45) is 0 Å². The Morgan fingerprint density at radius 2 is 2.24 bits per heavy atom. The van der Waals surface area contributed by atoms with Crippen molar-refractivity contribution in [3.05, 3.63) is 24.2 Å². The van der Waals surface area contributed by atoms with Crippen LogP contribution < -0.4 is 0 Å². The van der Waals surface area contributed by atoms with Crippen LogP contribution in [0.1, 0.15) is 38.4 Å². The van der Waals surface area contributed by atoms with Crippen molar-refractivity contribution < 1.29 is 14.0 Å². The van der Waals surface area contributed by atoms with Gasteiger partial charge in [-0.1, -0.05) is 0 Å². The second-order valence-corrected chi connectivity index (χ2v) is 5.99. The van der Waals surface area contributed by atoms with Gasteiger partial charge in [-0.3, -0.25) is 9.59 Å². The Labute approximate surface area is 124 Å². The monoisotopic (exact) mass is 290 g/mol. The average molecular weight is 290 g/mol. The number of furan rings is 1. The molecule has 0 N–H and O–H groups in total. The first-order chi connectivity index (χ1) is 10.2. The molecule has 2 fully saturated rings. The number of aryl methyl sites for hydroxylation is 1. The van der Waals surface area contributed by atoms with Crippen LogP contribution in [0.5, 0.6) is 0 Å². The maximum atomic E-state index is 12.7. The third kappa shape index (κ3) is 2.82. The van der Waals surface area contributed by atoms with E-state index in [1.807, 2.05) is 17.0 Å². The third-order valence-corrected chi connectivity index (χ3v) is 4.63. The first kappa shape index (κ1) is 14.2. The molecule has 0 radical (unpaired) electrons. The summed E-state index contributed by atoms with van der Waals surface area (Å²) < 4.78 is 5.34. The van der Waals surface area contributed by atoms with Gasteiger partial charge in [0.15, 0.2) is 0 Å². The van der Waals surface area contributed by atoms with Crippen LogP contribution in [0, 0.1) is 0 Å². The standard InChI is InChI=1S/C16H22N2O3/c1-12(6-7-13-4-3-11-21-13)17-10-8-15(19)18-9-2-5-14(18)16(17)20/h3-4,11-12,14H,2,5-10H2,1H3. The first-order valence-electron chi connectivity index (χ1n) is 7.79. The molecule has 2 aliphatic heterocycles. The maximum Gasteiger partial charge on any atom is 0.245 e. The first-order valence-corrected chi connectivity index (χ1v) is 7.79. The summed E-state index contributed by atoms with van der Waals surface area (Å²) in [5.41, 5.74) is 0. The largest absolute Gasteiger partial charge is 0.469 e. The Bertz CT molecular complexity index is 512. The highest BCUT2D eigenvalue weighted by atomic mass is 16.3. The van der Waals surface area contributed by atoms with Crippen molar-refractivity contribution in [2.75, 3.05) is 13.1 Å². The van der Waals surface area contributed by atoms with E-state index in [0.29, 0.717) is 13.0 Å². The van der Waals surface area contributed by atoms with Crippen LogP contribution in [0.3, 0.4) is 0 Å². The van der Waals surface area contributed by atoms with Crippen LogP contribution in [-0.2, 0) is 16.0 Å². The zero-order valence-corrected chi connectivity index (χ0v) is 12.5. The normalized spacial score (nSPS) is 24.1. The van der Waals surface area contributed by atoms with E-state index in [2.05, 4.69) is 6.92 Å². The van der Waals surface area contributed by atoms with E-state index in [4.69, 9.17) is 4.42 Å². The Kier molecular flexibility index (Phi) is 3.99. The second kappa shape index (κ2) is 5.92. The summed E-state index contributed by atoms with van der Waals surface area (Å²) >= 11 is 0. The molecular formula is C16H22N2O3. The third-order valence-electron chi connectivity index (χ3n) is 4.63. The van der Waals surface area contributed by atoms with Crippen molar-refractivity contribution >= 4 is 11.8 Å².